The average Bonchev–Trinajstić information content (AvgIpc) is 3.32. The number of nitrogens with one attached hydrogen (secondary N) is 1. The van der Waals surface area contributed by atoms with Gasteiger partial charge in [-0.25, -0.2) is 9.50 Å². The minimum absolute atomic E-state index is 0.215. The number of benzene rings is 2. The number of hydrogen-bond acceptors (Lipinski definition) is 5. The van der Waals surface area contributed by atoms with Crippen LogP contribution in [0.2, 0.25) is 0 Å². The van der Waals surface area contributed by atoms with Crippen molar-refractivity contribution in [2.24, 2.45) is 0 Å². The van der Waals surface area contributed by atoms with Crippen molar-refractivity contribution in [3.8, 4) is 17.5 Å². The SMILES string of the molecule is Cc1nn2cccnc2c1C(=O)N[C@@H](C)c1cc2cccc(C#Cc3ccncc3)c2c(=O)n1-c1ccccc1. The van der Waals surface area contributed by atoms with E-state index in [1.165, 1.54) is 0 Å². The fourth-order valence-corrected chi connectivity index (χ4v) is 4.83. The first kappa shape index (κ1) is 24.8. The zero-order valence-corrected chi connectivity index (χ0v) is 21.9. The van der Waals surface area contributed by atoms with Crippen LogP contribution < -0.4 is 10.9 Å². The van der Waals surface area contributed by atoms with E-state index in [-0.39, 0.29) is 11.5 Å². The van der Waals surface area contributed by atoms with Gasteiger partial charge < -0.3 is 5.32 Å². The maximum absolute atomic E-state index is 14.2. The molecule has 2 aromatic carbocycles. The van der Waals surface area contributed by atoms with Crippen molar-refractivity contribution >= 4 is 22.3 Å². The summed E-state index contributed by atoms with van der Waals surface area (Å²) in [6.07, 6.45) is 6.74. The van der Waals surface area contributed by atoms with E-state index in [1.807, 2.05) is 73.7 Å². The first-order valence-corrected chi connectivity index (χ1v) is 12.8. The van der Waals surface area contributed by atoms with Gasteiger partial charge in [0.1, 0.15) is 5.56 Å². The van der Waals surface area contributed by atoms with E-state index in [2.05, 4.69) is 32.2 Å². The fraction of sp³-hybridized carbons (Fsp3) is 0.0938. The smallest absolute Gasteiger partial charge is 0.264 e. The van der Waals surface area contributed by atoms with Gasteiger partial charge in [0, 0.05) is 47.3 Å². The molecule has 40 heavy (non-hydrogen) atoms. The van der Waals surface area contributed by atoms with E-state index in [0.29, 0.717) is 39.2 Å². The number of aromatic nitrogens is 5. The lowest BCUT2D eigenvalue weighted by Crippen LogP contribution is -2.32. The van der Waals surface area contributed by atoms with E-state index in [0.717, 1.165) is 10.9 Å². The monoisotopic (exact) mass is 524 g/mol. The Bertz CT molecular complexity index is 2000. The molecule has 0 bridgehead atoms. The third-order valence-electron chi connectivity index (χ3n) is 6.70. The molecule has 0 saturated heterocycles. The highest BCUT2D eigenvalue weighted by Gasteiger charge is 2.23. The molecule has 8 heteroatoms. The number of para-hydroxylation sites is 1. The van der Waals surface area contributed by atoms with Crippen molar-refractivity contribution in [1.29, 1.82) is 0 Å². The van der Waals surface area contributed by atoms with Crippen LogP contribution in [0.4, 0.5) is 0 Å². The maximum atomic E-state index is 14.2. The molecule has 0 fully saturated rings. The predicted molar refractivity (Wildman–Crippen MR) is 153 cm³/mol. The molecular formula is C32H24N6O2. The molecule has 194 valence electrons. The van der Waals surface area contributed by atoms with Gasteiger partial charge in [0.25, 0.3) is 11.5 Å². The first-order valence-electron chi connectivity index (χ1n) is 12.8. The van der Waals surface area contributed by atoms with Crippen LogP contribution in [0, 0.1) is 18.8 Å². The second-order valence-electron chi connectivity index (χ2n) is 9.34. The Kier molecular flexibility index (Phi) is 6.38. The molecular weight excluding hydrogens is 500 g/mol. The van der Waals surface area contributed by atoms with Gasteiger partial charge in [-0.15, -0.1) is 0 Å². The van der Waals surface area contributed by atoms with Crippen molar-refractivity contribution in [3.05, 3.63) is 136 Å². The minimum Gasteiger partial charge on any atom is -0.344 e. The predicted octanol–water partition coefficient (Wildman–Crippen LogP) is 4.63. The molecule has 1 N–H and O–H groups in total. The van der Waals surface area contributed by atoms with E-state index in [1.54, 1.807) is 46.9 Å². The van der Waals surface area contributed by atoms with Crippen molar-refractivity contribution in [2.75, 3.05) is 0 Å². The van der Waals surface area contributed by atoms with Crippen molar-refractivity contribution in [1.82, 2.24) is 29.5 Å². The number of hydrogen-bond donors (Lipinski definition) is 1. The number of fused-ring (bicyclic) bond motifs is 2. The largest absolute Gasteiger partial charge is 0.344 e. The van der Waals surface area contributed by atoms with Crippen molar-refractivity contribution in [3.63, 3.8) is 0 Å². The molecule has 0 unspecified atom stereocenters. The molecule has 6 aromatic rings. The lowest BCUT2D eigenvalue weighted by atomic mass is 10.0. The molecule has 1 amide bonds. The Morgan fingerprint density at radius 3 is 2.55 bits per heavy atom. The molecule has 8 nitrogen and oxygen atoms in total. The molecule has 0 saturated carbocycles. The second-order valence-corrected chi connectivity index (χ2v) is 9.34. The standard InChI is InChI=1S/C32H24N6O2/c1-21(35-31(39)28-22(2)36-37-19-7-16-34-30(28)37)27-20-25-9-6-8-24(13-12-23-14-17-33-18-15-23)29(25)32(40)38(27)26-10-4-3-5-11-26/h3-11,14-21H,1-2H3,(H,35,39)/t21-/m0/s1. The van der Waals surface area contributed by atoms with Gasteiger partial charge in [-0.2, -0.15) is 5.10 Å². The fourth-order valence-electron chi connectivity index (χ4n) is 4.83. The molecule has 4 aromatic heterocycles. The van der Waals surface area contributed by atoms with Gasteiger partial charge in [0.2, 0.25) is 0 Å². The van der Waals surface area contributed by atoms with Crippen LogP contribution in [0.15, 0.2) is 102 Å². The summed E-state index contributed by atoms with van der Waals surface area (Å²) in [6, 6.07) is 21.8. The van der Waals surface area contributed by atoms with Crippen molar-refractivity contribution < 1.29 is 4.79 Å². The number of pyridine rings is 2. The summed E-state index contributed by atoms with van der Waals surface area (Å²) in [5, 5.41) is 8.73. The van der Waals surface area contributed by atoms with E-state index < -0.39 is 6.04 Å². The van der Waals surface area contributed by atoms with Crippen LogP contribution in [-0.4, -0.2) is 30.1 Å². The highest BCUT2D eigenvalue weighted by Crippen LogP contribution is 2.24. The Labute approximate surface area is 230 Å². The van der Waals surface area contributed by atoms with E-state index >= 15 is 0 Å². The number of carbonyl (C=O) groups is 1. The highest BCUT2D eigenvalue weighted by molar-refractivity contribution is 6.01. The number of rotatable bonds is 4. The molecule has 6 rings (SSSR count). The molecule has 0 aliphatic rings. The molecule has 1 atom stereocenters. The van der Waals surface area contributed by atoms with E-state index in [4.69, 9.17) is 0 Å². The van der Waals surface area contributed by atoms with Gasteiger partial charge >= 0.3 is 0 Å². The van der Waals surface area contributed by atoms with Gasteiger partial charge in [-0.3, -0.25) is 19.1 Å². The van der Waals surface area contributed by atoms with Crippen LogP contribution in [0.5, 0.6) is 0 Å². The summed E-state index contributed by atoms with van der Waals surface area (Å²) >= 11 is 0. The Morgan fingerprint density at radius 2 is 1.75 bits per heavy atom. The van der Waals surface area contributed by atoms with Gasteiger partial charge in [-0.1, -0.05) is 42.2 Å². The molecule has 0 radical (unpaired) electrons. The van der Waals surface area contributed by atoms with Gasteiger partial charge in [0.05, 0.1) is 17.1 Å². The summed E-state index contributed by atoms with van der Waals surface area (Å²) in [5.74, 6) is 5.98. The Hall–Kier alpha value is -5.55. The summed E-state index contributed by atoms with van der Waals surface area (Å²) in [7, 11) is 0. The number of amides is 1. The van der Waals surface area contributed by atoms with Crippen LogP contribution in [0.1, 0.15) is 45.8 Å². The minimum atomic E-state index is -0.519. The Morgan fingerprint density at radius 1 is 0.950 bits per heavy atom. The normalized spacial score (nSPS) is 11.7. The van der Waals surface area contributed by atoms with Crippen LogP contribution in [-0.2, 0) is 0 Å². The van der Waals surface area contributed by atoms with Crippen LogP contribution in [0.25, 0.3) is 22.1 Å². The third-order valence-corrected chi connectivity index (χ3v) is 6.70. The highest BCUT2D eigenvalue weighted by atomic mass is 16.2. The van der Waals surface area contributed by atoms with Crippen LogP contribution >= 0.6 is 0 Å². The zero-order valence-electron chi connectivity index (χ0n) is 21.9. The molecule has 0 spiro atoms. The topological polar surface area (TPSA) is 94.2 Å². The van der Waals surface area contributed by atoms with E-state index in [9.17, 15) is 9.59 Å². The lowest BCUT2D eigenvalue weighted by Gasteiger charge is -2.21. The maximum Gasteiger partial charge on any atom is 0.264 e. The number of carbonyl (C=O) groups excluding carboxylic acids is 1. The quantitative estimate of drug-likeness (QED) is 0.340. The third kappa shape index (κ3) is 4.50. The van der Waals surface area contributed by atoms with Crippen LogP contribution in [0.3, 0.4) is 0 Å². The number of nitrogens with zero attached hydrogens (tertiary/aromatic N) is 5. The summed E-state index contributed by atoms with van der Waals surface area (Å²) in [6.45, 7) is 3.64. The first-order chi connectivity index (χ1) is 19.5. The van der Waals surface area contributed by atoms with Gasteiger partial charge in [0.15, 0.2) is 5.65 Å². The summed E-state index contributed by atoms with van der Waals surface area (Å²) in [4.78, 5) is 36.0. The lowest BCUT2D eigenvalue weighted by molar-refractivity contribution is 0.0939. The second kappa shape index (κ2) is 10.3. The Balaban J connectivity index is 1.48. The molecule has 4 heterocycles. The number of aryl methyl sites for hydroxylation is 1. The summed E-state index contributed by atoms with van der Waals surface area (Å²) in [5.41, 5.74) is 3.99. The van der Waals surface area contributed by atoms with Gasteiger partial charge in [-0.05, 0) is 61.7 Å². The van der Waals surface area contributed by atoms with Crippen molar-refractivity contribution in [2.45, 2.75) is 19.9 Å². The molecule has 0 aliphatic carbocycles. The molecule has 0 aliphatic heterocycles. The zero-order chi connectivity index (χ0) is 27.6. The summed E-state index contributed by atoms with van der Waals surface area (Å²) < 4.78 is 3.23. The average molecular weight is 525 g/mol.